The Morgan fingerprint density at radius 1 is 0.968 bits per heavy atom. The molecule has 0 atom stereocenters. The van der Waals surface area contributed by atoms with Crippen molar-refractivity contribution in [3.05, 3.63) is 48.5 Å². The lowest BCUT2D eigenvalue weighted by atomic mass is 10.1. The van der Waals surface area contributed by atoms with Crippen molar-refractivity contribution in [1.82, 2.24) is 20.3 Å². The number of nitrogens with zero attached hydrogens (tertiary/aromatic N) is 3. The van der Waals surface area contributed by atoms with Gasteiger partial charge in [-0.3, -0.25) is 5.10 Å². The van der Waals surface area contributed by atoms with E-state index in [-0.39, 0.29) is 0 Å². The minimum Gasteiger partial charge on any atom is -0.497 e. The molecule has 0 radical (unpaired) electrons. The van der Waals surface area contributed by atoms with Crippen LogP contribution >= 0.6 is 0 Å². The second kappa shape index (κ2) is 9.34. The van der Waals surface area contributed by atoms with Crippen LogP contribution in [0, 0.1) is 0 Å². The third kappa shape index (κ3) is 4.53. The Morgan fingerprint density at radius 3 is 2.52 bits per heavy atom. The molecule has 0 amide bonds. The van der Waals surface area contributed by atoms with Crippen molar-refractivity contribution in [1.29, 1.82) is 0 Å². The number of aromatic amines is 1. The minimum absolute atomic E-state index is 0.339. The fourth-order valence-electron chi connectivity index (χ4n) is 3.06. The second-order valence-electron chi connectivity index (χ2n) is 6.88. The Hall–Kier alpha value is -3.81. The first kappa shape index (κ1) is 20.5. The van der Waals surface area contributed by atoms with Crippen molar-refractivity contribution >= 4 is 0 Å². The molecule has 0 aliphatic heterocycles. The largest absolute Gasteiger partial charge is 0.497 e. The summed E-state index contributed by atoms with van der Waals surface area (Å²) in [6.45, 7) is 2.86. The van der Waals surface area contributed by atoms with Crippen molar-refractivity contribution in [2.75, 3.05) is 20.8 Å². The monoisotopic (exact) mass is 420 g/mol. The summed E-state index contributed by atoms with van der Waals surface area (Å²) in [4.78, 5) is 4.49. The van der Waals surface area contributed by atoms with Crippen molar-refractivity contribution in [3.8, 4) is 51.5 Å². The Bertz CT molecular complexity index is 1130. The molecule has 2 aromatic heterocycles. The van der Waals surface area contributed by atoms with Gasteiger partial charge in [0.05, 0.1) is 32.1 Å². The van der Waals surface area contributed by atoms with Crippen molar-refractivity contribution in [3.63, 3.8) is 0 Å². The normalized spacial score (nSPS) is 10.8. The molecule has 4 aromatic rings. The molecule has 1 N–H and O–H groups in total. The summed E-state index contributed by atoms with van der Waals surface area (Å²) >= 11 is 0. The van der Waals surface area contributed by atoms with Crippen LogP contribution in [0.2, 0.25) is 0 Å². The molecule has 8 nitrogen and oxygen atoms in total. The molecule has 0 unspecified atom stereocenters. The van der Waals surface area contributed by atoms with Gasteiger partial charge >= 0.3 is 0 Å². The van der Waals surface area contributed by atoms with Crippen molar-refractivity contribution in [2.24, 2.45) is 0 Å². The van der Waals surface area contributed by atoms with E-state index < -0.39 is 0 Å². The third-order valence-electron chi connectivity index (χ3n) is 4.80. The zero-order chi connectivity index (χ0) is 21.6. The van der Waals surface area contributed by atoms with Gasteiger partial charge in [-0.05, 0) is 48.9 Å². The molecule has 0 spiro atoms. The Kier molecular flexibility index (Phi) is 6.16. The van der Waals surface area contributed by atoms with Gasteiger partial charge in [-0.1, -0.05) is 18.5 Å². The number of nitrogens with one attached hydrogen (secondary N) is 1. The van der Waals surface area contributed by atoms with E-state index in [4.69, 9.17) is 18.7 Å². The molecule has 2 aromatic carbocycles. The maximum atomic E-state index is 5.71. The maximum Gasteiger partial charge on any atom is 0.276 e. The SMILES string of the molecule is CCCCOc1ccc(-c2cc(-c3nc(-c4ccc(OC)cc4OC)no3)[nH]n2)cc1. The van der Waals surface area contributed by atoms with Crippen LogP contribution < -0.4 is 14.2 Å². The van der Waals surface area contributed by atoms with E-state index in [0.29, 0.717) is 34.5 Å². The van der Waals surface area contributed by atoms with Crippen LogP contribution in [0.5, 0.6) is 17.2 Å². The molecule has 31 heavy (non-hydrogen) atoms. The molecule has 0 aliphatic rings. The third-order valence-corrected chi connectivity index (χ3v) is 4.80. The van der Waals surface area contributed by atoms with Gasteiger partial charge in [0.15, 0.2) is 0 Å². The van der Waals surface area contributed by atoms with Crippen LogP contribution in [-0.4, -0.2) is 41.2 Å². The topological polar surface area (TPSA) is 95.3 Å². The summed E-state index contributed by atoms with van der Waals surface area (Å²) in [7, 11) is 3.18. The predicted molar refractivity (Wildman–Crippen MR) is 116 cm³/mol. The van der Waals surface area contributed by atoms with Crippen LogP contribution in [0.3, 0.4) is 0 Å². The molecular formula is C23H24N4O4. The average Bonchev–Trinajstić information content (AvgIpc) is 3.49. The molecule has 0 fully saturated rings. The lowest BCUT2D eigenvalue weighted by molar-refractivity contribution is 0.309. The van der Waals surface area contributed by atoms with Crippen molar-refractivity contribution < 1.29 is 18.7 Å². The Labute approximate surface area is 180 Å². The fourth-order valence-corrected chi connectivity index (χ4v) is 3.06. The van der Waals surface area contributed by atoms with E-state index in [1.54, 1.807) is 20.3 Å². The first-order valence-corrected chi connectivity index (χ1v) is 10.1. The number of unbranched alkanes of at least 4 members (excludes halogenated alkanes) is 1. The summed E-state index contributed by atoms with van der Waals surface area (Å²) in [5.41, 5.74) is 3.07. The number of H-pyrrole nitrogens is 1. The summed E-state index contributed by atoms with van der Waals surface area (Å²) in [5.74, 6) is 2.89. The standard InChI is InChI=1S/C23H24N4O4/c1-4-5-12-30-16-8-6-15(7-9-16)19-14-20(26-25-19)23-24-22(27-31-23)18-11-10-17(28-2)13-21(18)29-3/h6-11,13-14H,4-5,12H2,1-3H3,(H,25,26). The summed E-state index contributed by atoms with van der Waals surface area (Å²) in [6, 6.07) is 15.1. The number of aromatic nitrogens is 4. The molecule has 0 bridgehead atoms. The molecule has 4 rings (SSSR count). The number of hydrogen-bond acceptors (Lipinski definition) is 7. The van der Waals surface area contributed by atoms with Gasteiger partial charge in [0.25, 0.3) is 5.89 Å². The highest BCUT2D eigenvalue weighted by molar-refractivity contribution is 5.68. The zero-order valence-corrected chi connectivity index (χ0v) is 17.7. The van der Waals surface area contributed by atoms with Gasteiger partial charge in [-0.2, -0.15) is 10.1 Å². The molecule has 160 valence electrons. The van der Waals surface area contributed by atoms with Crippen LogP contribution in [0.25, 0.3) is 34.2 Å². The first-order chi connectivity index (χ1) is 15.2. The smallest absolute Gasteiger partial charge is 0.276 e. The van der Waals surface area contributed by atoms with E-state index in [1.165, 1.54) is 0 Å². The van der Waals surface area contributed by atoms with E-state index >= 15 is 0 Å². The second-order valence-corrected chi connectivity index (χ2v) is 6.88. The quantitative estimate of drug-likeness (QED) is 0.381. The number of methoxy groups -OCH3 is 2. The highest BCUT2D eigenvalue weighted by atomic mass is 16.5. The summed E-state index contributed by atoms with van der Waals surface area (Å²) in [6.07, 6.45) is 2.15. The van der Waals surface area contributed by atoms with Gasteiger partial charge in [0.2, 0.25) is 5.82 Å². The van der Waals surface area contributed by atoms with Gasteiger partial charge < -0.3 is 18.7 Å². The summed E-state index contributed by atoms with van der Waals surface area (Å²) < 4.78 is 21.8. The Balaban J connectivity index is 1.52. The maximum absolute atomic E-state index is 5.71. The van der Waals surface area contributed by atoms with E-state index in [2.05, 4.69) is 27.3 Å². The van der Waals surface area contributed by atoms with Crippen molar-refractivity contribution in [2.45, 2.75) is 19.8 Å². The molecular weight excluding hydrogens is 396 g/mol. The summed E-state index contributed by atoms with van der Waals surface area (Å²) in [5, 5.41) is 11.4. The van der Waals surface area contributed by atoms with E-state index in [9.17, 15) is 0 Å². The van der Waals surface area contributed by atoms with Gasteiger partial charge in [-0.15, -0.1) is 0 Å². The van der Waals surface area contributed by atoms with Crippen LogP contribution in [-0.2, 0) is 0 Å². The number of rotatable bonds is 9. The van der Waals surface area contributed by atoms with Crippen LogP contribution in [0.4, 0.5) is 0 Å². The first-order valence-electron chi connectivity index (χ1n) is 10.1. The molecule has 0 aliphatic carbocycles. The molecule has 2 heterocycles. The highest BCUT2D eigenvalue weighted by Gasteiger charge is 2.17. The minimum atomic E-state index is 0.339. The number of hydrogen-bond donors (Lipinski definition) is 1. The lowest BCUT2D eigenvalue weighted by Gasteiger charge is -2.07. The zero-order valence-electron chi connectivity index (χ0n) is 17.7. The van der Waals surface area contributed by atoms with Crippen LogP contribution in [0.15, 0.2) is 53.1 Å². The van der Waals surface area contributed by atoms with Gasteiger partial charge in [0.1, 0.15) is 22.9 Å². The number of ether oxygens (including phenoxy) is 3. The van der Waals surface area contributed by atoms with Gasteiger partial charge in [-0.25, -0.2) is 0 Å². The molecule has 0 saturated carbocycles. The number of benzene rings is 2. The van der Waals surface area contributed by atoms with Gasteiger partial charge in [0, 0.05) is 11.6 Å². The van der Waals surface area contributed by atoms with E-state index in [0.717, 1.165) is 36.5 Å². The fraction of sp³-hybridized carbons (Fsp3) is 0.261. The molecule has 8 heteroatoms. The van der Waals surface area contributed by atoms with Crippen LogP contribution in [0.1, 0.15) is 19.8 Å². The average molecular weight is 420 g/mol. The highest BCUT2D eigenvalue weighted by Crippen LogP contribution is 2.33. The lowest BCUT2D eigenvalue weighted by Crippen LogP contribution is -1.95. The Morgan fingerprint density at radius 2 is 1.77 bits per heavy atom. The molecule has 0 saturated heterocycles. The predicted octanol–water partition coefficient (Wildman–Crippen LogP) is 4.99. The van der Waals surface area contributed by atoms with E-state index in [1.807, 2.05) is 42.5 Å².